The van der Waals surface area contributed by atoms with Gasteiger partial charge in [-0.15, -0.1) is 0 Å². The molecule has 2 aromatic heterocycles. The molecule has 0 saturated heterocycles. The van der Waals surface area contributed by atoms with Gasteiger partial charge in [0.25, 0.3) is 0 Å². The molecule has 0 atom stereocenters. The summed E-state index contributed by atoms with van der Waals surface area (Å²) in [7, 11) is 0. The number of nitrogens with zero attached hydrogens (tertiary/aromatic N) is 4. The second kappa shape index (κ2) is 10.5. The number of benzene rings is 3. The summed E-state index contributed by atoms with van der Waals surface area (Å²) in [6, 6.07) is 29.6. The van der Waals surface area contributed by atoms with E-state index in [1.54, 1.807) is 10.8 Å². The van der Waals surface area contributed by atoms with Crippen LogP contribution >= 0.6 is 0 Å². The molecule has 0 aliphatic rings. The zero-order chi connectivity index (χ0) is 24.7. The Morgan fingerprint density at radius 3 is 2.28 bits per heavy atom. The maximum Gasteiger partial charge on any atom is 0.339 e. The van der Waals surface area contributed by atoms with Gasteiger partial charge < -0.3 is 9.94 Å². The average molecular weight is 475 g/mol. The number of ether oxygens (including phenoxy) is 1. The van der Waals surface area contributed by atoms with Gasteiger partial charge in [0.1, 0.15) is 6.20 Å². The van der Waals surface area contributed by atoms with E-state index in [-0.39, 0.29) is 12.4 Å². The van der Waals surface area contributed by atoms with Gasteiger partial charge >= 0.3 is 11.8 Å². The van der Waals surface area contributed by atoms with Crippen LogP contribution < -0.4 is 4.73 Å². The van der Waals surface area contributed by atoms with Crippen molar-refractivity contribution < 1.29 is 14.3 Å². The van der Waals surface area contributed by atoms with Crippen molar-refractivity contribution in [2.75, 3.05) is 0 Å². The molecule has 3 aromatic carbocycles. The summed E-state index contributed by atoms with van der Waals surface area (Å²) in [4.78, 5) is 16.3. The Balaban J connectivity index is 1.41. The van der Waals surface area contributed by atoms with E-state index in [2.05, 4.69) is 29.2 Å². The number of carbonyl (C=O) groups excluding carboxylic acids is 1. The molecule has 0 aliphatic heterocycles. The molecule has 7 nitrogen and oxygen atoms in total. The van der Waals surface area contributed by atoms with E-state index in [0.717, 1.165) is 33.6 Å². The molecule has 0 fully saturated rings. The lowest BCUT2D eigenvalue weighted by Gasteiger charge is -2.05. The molecule has 0 aliphatic carbocycles. The van der Waals surface area contributed by atoms with Gasteiger partial charge in [-0.05, 0) is 34.3 Å². The van der Waals surface area contributed by atoms with Crippen LogP contribution in [0.3, 0.4) is 0 Å². The number of hydrogen-bond donors (Lipinski definition) is 0. The third kappa shape index (κ3) is 5.20. The summed E-state index contributed by atoms with van der Waals surface area (Å²) in [5.41, 5.74) is 5.53. The van der Waals surface area contributed by atoms with Crippen LogP contribution in [0.25, 0.3) is 34.1 Å². The molecule has 0 bridgehead atoms. The first-order valence-corrected chi connectivity index (χ1v) is 11.4. The highest BCUT2D eigenvalue weighted by atomic mass is 16.5. The Hall–Kier alpha value is -5.04. The predicted octanol–water partition coefficient (Wildman–Crippen LogP) is 4.99. The second-order valence-electron chi connectivity index (χ2n) is 7.96. The number of rotatable bonds is 7. The molecule has 0 radical (unpaired) electrons. The summed E-state index contributed by atoms with van der Waals surface area (Å²) in [5, 5.41) is 16.5. The van der Waals surface area contributed by atoms with Gasteiger partial charge in [0.2, 0.25) is 0 Å². The fraction of sp³-hybridized carbons (Fsp3) is 0.0345. The summed E-state index contributed by atoms with van der Waals surface area (Å²) < 4.78 is 7.54. The van der Waals surface area contributed by atoms with Crippen LogP contribution in [-0.4, -0.2) is 20.7 Å². The maximum atomic E-state index is 12.4. The fourth-order valence-electron chi connectivity index (χ4n) is 3.73. The number of carbonyl (C=O) groups is 1. The zero-order valence-corrected chi connectivity index (χ0v) is 19.3. The van der Waals surface area contributed by atoms with Crippen molar-refractivity contribution in [3.8, 4) is 28.1 Å². The first kappa shape index (κ1) is 22.7. The van der Waals surface area contributed by atoms with Gasteiger partial charge in [-0.25, -0.2) is 14.2 Å². The van der Waals surface area contributed by atoms with Gasteiger partial charge in [0, 0.05) is 29.5 Å². The van der Waals surface area contributed by atoms with E-state index < -0.39 is 5.97 Å². The summed E-state index contributed by atoms with van der Waals surface area (Å²) in [6.07, 6.45) is 7.63. The van der Waals surface area contributed by atoms with Crippen molar-refractivity contribution in [1.82, 2.24) is 14.8 Å². The molecule has 2 heterocycles. The lowest BCUT2D eigenvalue weighted by atomic mass is 10.0. The Kier molecular flexibility index (Phi) is 6.62. The number of para-hydroxylation sites is 1. The average Bonchev–Trinajstić information content (AvgIpc) is 3.37. The van der Waals surface area contributed by atoms with Crippen molar-refractivity contribution in [3.05, 3.63) is 132 Å². The molecular formula is C29H22N4O3. The van der Waals surface area contributed by atoms with E-state index in [0.29, 0.717) is 4.73 Å². The van der Waals surface area contributed by atoms with Crippen LogP contribution in [0.4, 0.5) is 0 Å². The van der Waals surface area contributed by atoms with E-state index in [4.69, 9.17) is 9.84 Å². The first-order valence-electron chi connectivity index (χ1n) is 11.4. The van der Waals surface area contributed by atoms with Crippen LogP contribution in [-0.2, 0) is 16.1 Å². The van der Waals surface area contributed by atoms with Crippen LogP contribution in [0.5, 0.6) is 0 Å². The van der Waals surface area contributed by atoms with Crippen molar-refractivity contribution in [2.45, 2.75) is 6.61 Å². The molecular weight excluding hydrogens is 452 g/mol. The number of aromatic nitrogens is 4. The molecule has 0 unspecified atom stereocenters. The van der Waals surface area contributed by atoms with E-state index in [9.17, 15) is 10.0 Å². The first-order chi connectivity index (χ1) is 17.7. The quantitative estimate of drug-likeness (QED) is 0.144. The molecule has 176 valence electrons. The van der Waals surface area contributed by atoms with Gasteiger partial charge in [0.05, 0.1) is 17.6 Å². The van der Waals surface area contributed by atoms with Crippen LogP contribution in [0.15, 0.2) is 116 Å². The minimum Gasteiger partial charge on any atom is -0.711 e. The lowest BCUT2D eigenvalue weighted by Crippen LogP contribution is -2.33. The molecule has 5 aromatic rings. The highest BCUT2D eigenvalue weighted by molar-refractivity contribution is 5.88. The van der Waals surface area contributed by atoms with Crippen molar-refractivity contribution in [2.24, 2.45) is 0 Å². The van der Waals surface area contributed by atoms with Crippen LogP contribution in [0.2, 0.25) is 0 Å². The normalized spacial score (nSPS) is 11.0. The largest absolute Gasteiger partial charge is 0.711 e. The molecule has 0 spiro atoms. The van der Waals surface area contributed by atoms with E-state index >= 15 is 0 Å². The van der Waals surface area contributed by atoms with Gasteiger partial charge in [-0.1, -0.05) is 72.8 Å². The topological polar surface area (TPSA) is 84.0 Å². The van der Waals surface area contributed by atoms with Crippen molar-refractivity contribution >= 4 is 12.0 Å². The molecule has 36 heavy (non-hydrogen) atoms. The molecule has 5 rings (SSSR count). The third-order valence-corrected chi connectivity index (χ3v) is 5.56. The standard InChI is InChI=1S/C29H22N4O3/c34-28(36-21-27-30-18-7-19-33(27)35)17-16-25-20-32(26-10-5-2-6-11-26)31-29(25)24-14-12-23(13-15-24)22-8-3-1-4-9-22/h1-20H,21H2/b17-16+. The molecule has 0 N–H and O–H groups in total. The zero-order valence-electron chi connectivity index (χ0n) is 19.3. The van der Waals surface area contributed by atoms with Gasteiger partial charge in [0.15, 0.2) is 6.61 Å². The summed E-state index contributed by atoms with van der Waals surface area (Å²) in [5.74, 6) is -0.478. The maximum absolute atomic E-state index is 12.4. The van der Waals surface area contributed by atoms with Crippen molar-refractivity contribution in [3.63, 3.8) is 0 Å². The minimum absolute atomic E-state index is 0.107. The van der Waals surface area contributed by atoms with Gasteiger partial charge in [-0.3, -0.25) is 0 Å². The Morgan fingerprint density at radius 2 is 1.56 bits per heavy atom. The predicted molar refractivity (Wildman–Crippen MR) is 136 cm³/mol. The molecule has 0 amide bonds. The van der Waals surface area contributed by atoms with E-state index in [1.807, 2.05) is 66.9 Å². The molecule has 7 heteroatoms. The minimum atomic E-state index is -0.585. The second-order valence-corrected chi connectivity index (χ2v) is 7.96. The Morgan fingerprint density at radius 1 is 0.889 bits per heavy atom. The fourth-order valence-corrected chi connectivity index (χ4v) is 3.73. The SMILES string of the molecule is O=C(/C=C/c1cn(-c2ccccc2)nc1-c1ccc(-c2ccccc2)cc1)OCc1nccc[n+]1[O-]. The highest BCUT2D eigenvalue weighted by Gasteiger charge is 2.13. The summed E-state index contributed by atoms with van der Waals surface area (Å²) >= 11 is 0. The van der Waals surface area contributed by atoms with Crippen molar-refractivity contribution in [1.29, 1.82) is 0 Å². The molecule has 0 saturated carbocycles. The Labute approximate surface area is 208 Å². The monoisotopic (exact) mass is 474 g/mol. The van der Waals surface area contributed by atoms with Gasteiger partial charge in [-0.2, -0.15) is 5.10 Å². The Bertz CT molecular complexity index is 1500. The summed E-state index contributed by atoms with van der Waals surface area (Å²) in [6.45, 7) is -0.218. The smallest absolute Gasteiger partial charge is 0.339 e. The number of esters is 1. The highest BCUT2D eigenvalue weighted by Crippen LogP contribution is 2.28. The van der Waals surface area contributed by atoms with E-state index in [1.165, 1.54) is 24.5 Å². The van der Waals surface area contributed by atoms with Crippen LogP contribution in [0, 0.1) is 5.21 Å². The third-order valence-electron chi connectivity index (χ3n) is 5.56. The number of hydrogen-bond acceptors (Lipinski definition) is 5. The lowest BCUT2D eigenvalue weighted by molar-refractivity contribution is -0.620. The van der Waals surface area contributed by atoms with Crippen LogP contribution in [0.1, 0.15) is 11.4 Å².